The summed E-state index contributed by atoms with van der Waals surface area (Å²) in [7, 11) is -3.48. The van der Waals surface area contributed by atoms with E-state index in [-0.39, 0.29) is 11.4 Å². The maximum Gasteiger partial charge on any atom is 0.240 e. The molecule has 0 aliphatic carbocycles. The van der Waals surface area contributed by atoms with Crippen molar-refractivity contribution in [3.63, 3.8) is 0 Å². The quantitative estimate of drug-likeness (QED) is 0.778. The molecule has 0 amide bonds. The fourth-order valence-electron chi connectivity index (χ4n) is 2.45. The van der Waals surface area contributed by atoms with E-state index in [1.807, 2.05) is 31.3 Å². The van der Waals surface area contributed by atoms with Crippen LogP contribution in [0.3, 0.4) is 0 Å². The lowest BCUT2D eigenvalue weighted by Gasteiger charge is -2.07. The third-order valence-electron chi connectivity index (χ3n) is 3.50. The molecule has 3 aromatic rings. The molecule has 0 bridgehead atoms. The number of hydrogen-bond donors (Lipinski definition) is 2. The molecule has 0 fully saturated rings. The van der Waals surface area contributed by atoms with Crippen molar-refractivity contribution in [3.8, 4) is 0 Å². The van der Waals surface area contributed by atoms with Gasteiger partial charge in [-0.05, 0) is 36.2 Å². The van der Waals surface area contributed by atoms with Gasteiger partial charge in [-0.15, -0.1) is 0 Å². The van der Waals surface area contributed by atoms with Crippen LogP contribution in [0.15, 0.2) is 59.6 Å². The molecule has 5 heteroatoms. The lowest BCUT2D eigenvalue weighted by atomic mass is 10.1. The van der Waals surface area contributed by atoms with E-state index < -0.39 is 10.0 Å². The van der Waals surface area contributed by atoms with Crippen molar-refractivity contribution in [2.75, 3.05) is 0 Å². The molecular weight excluding hydrogens is 284 g/mol. The van der Waals surface area contributed by atoms with Crippen LogP contribution >= 0.6 is 0 Å². The number of aromatic nitrogens is 1. The molecule has 0 saturated carbocycles. The highest BCUT2D eigenvalue weighted by Gasteiger charge is 2.14. The summed E-state index contributed by atoms with van der Waals surface area (Å²) in [5, 5.41) is 1.08. The number of benzene rings is 2. The van der Waals surface area contributed by atoms with Gasteiger partial charge in [0.1, 0.15) is 0 Å². The van der Waals surface area contributed by atoms with Gasteiger partial charge in [-0.2, -0.15) is 0 Å². The van der Waals surface area contributed by atoms with Crippen LogP contribution in [0.1, 0.15) is 11.1 Å². The zero-order valence-electron chi connectivity index (χ0n) is 11.6. The van der Waals surface area contributed by atoms with Crippen molar-refractivity contribution in [1.29, 1.82) is 0 Å². The van der Waals surface area contributed by atoms with Crippen LogP contribution in [0.5, 0.6) is 0 Å². The Morgan fingerprint density at radius 2 is 1.81 bits per heavy atom. The molecule has 1 aromatic heterocycles. The van der Waals surface area contributed by atoms with E-state index in [2.05, 4.69) is 9.71 Å². The molecule has 4 nitrogen and oxygen atoms in total. The summed E-state index contributed by atoms with van der Waals surface area (Å²) in [4.78, 5) is 3.45. The van der Waals surface area contributed by atoms with Crippen molar-refractivity contribution in [2.45, 2.75) is 18.4 Å². The fraction of sp³-hybridized carbons (Fsp3) is 0.125. The smallest absolute Gasteiger partial charge is 0.240 e. The average molecular weight is 300 g/mol. The fourth-order valence-corrected chi connectivity index (χ4v) is 3.47. The first kappa shape index (κ1) is 13.9. The molecule has 0 radical (unpaired) electrons. The Kier molecular flexibility index (Phi) is 3.53. The van der Waals surface area contributed by atoms with Crippen molar-refractivity contribution >= 4 is 20.9 Å². The normalized spacial score (nSPS) is 11.9. The van der Waals surface area contributed by atoms with Crippen LogP contribution in [0.4, 0.5) is 0 Å². The van der Waals surface area contributed by atoms with E-state index in [0.717, 1.165) is 22.0 Å². The zero-order chi connectivity index (χ0) is 14.9. The van der Waals surface area contributed by atoms with Gasteiger partial charge in [0.15, 0.2) is 0 Å². The second kappa shape index (κ2) is 5.35. The number of sulfonamides is 1. The summed E-state index contributed by atoms with van der Waals surface area (Å²) in [6.45, 7) is 2.29. The molecular formula is C16H16N2O2S. The van der Waals surface area contributed by atoms with Gasteiger partial charge in [0.25, 0.3) is 0 Å². The third kappa shape index (κ3) is 2.70. The van der Waals surface area contributed by atoms with Crippen molar-refractivity contribution < 1.29 is 8.42 Å². The predicted molar refractivity (Wildman–Crippen MR) is 83.5 cm³/mol. The molecule has 2 aromatic carbocycles. The predicted octanol–water partition coefficient (Wildman–Crippen LogP) is 2.95. The number of aromatic amines is 1. The van der Waals surface area contributed by atoms with Crippen LogP contribution in [0, 0.1) is 6.92 Å². The minimum absolute atomic E-state index is 0.266. The highest BCUT2D eigenvalue weighted by molar-refractivity contribution is 7.89. The minimum atomic E-state index is -3.48. The number of hydrogen-bond acceptors (Lipinski definition) is 2. The lowest BCUT2D eigenvalue weighted by Crippen LogP contribution is -2.23. The highest BCUT2D eigenvalue weighted by atomic mass is 32.2. The maximum atomic E-state index is 12.2. The minimum Gasteiger partial charge on any atom is -0.361 e. The summed E-state index contributed by atoms with van der Waals surface area (Å²) in [6, 6.07) is 14.4. The SMILES string of the molecule is Cc1cccc2[nH]cc(CNS(=O)(=O)c3ccccc3)c12. The Labute approximate surface area is 123 Å². The Hall–Kier alpha value is -2.11. The van der Waals surface area contributed by atoms with Gasteiger partial charge in [0, 0.05) is 23.6 Å². The van der Waals surface area contributed by atoms with E-state index >= 15 is 0 Å². The standard InChI is InChI=1S/C16H16N2O2S/c1-12-6-5-9-15-16(12)13(10-17-15)11-18-21(19,20)14-7-3-2-4-8-14/h2-10,17-18H,11H2,1H3. The van der Waals surface area contributed by atoms with Crippen molar-refractivity contribution in [2.24, 2.45) is 0 Å². The van der Waals surface area contributed by atoms with E-state index in [9.17, 15) is 8.42 Å². The molecule has 0 spiro atoms. The molecule has 21 heavy (non-hydrogen) atoms. The first-order chi connectivity index (χ1) is 10.1. The zero-order valence-corrected chi connectivity index (χ0v) is 12.4. The molecule has 1 heterocycles. The average Bonchev–Trinajstić information content (AvgIpc) is 2.91. The number of fused-ring (bicyclic) bond motifs is 1. The third-order valence-corrected chi connectivity index (χ3v) is 4.92. The highest BCUT2D eigenvalue weighted by Crippen LogP contribution is 2.22. The van der Waals surface area contributed by atoms with Crippen LogP contribution in [-0.4, -0.2) is 13.4 Å². The Bertz CT molecular complexity index is 868. The van der Waals surface area contributed by atoms with E-state index in [1.54, 1.807) is 30.3 Å². The molecule has 0 aliphatic heterocycles. The molecule has 108 valence electrons. The van der Waals surface area contributed by atoms with Crippen LogP contribution in [-0.2, 0) is 16.6 Å². The molecule has 2 N–H and O–H groups in total. The van der Waals surface area contributed by atoms with E-state index in [1.165, 1.54) is 0 Å². The van der Waals surface area contributed by atoms with Gasteiger partial charge >= 0.3 is 0 Å². The molecule has 3 rings (SSSR count). The second-order valence-electron chi connectivity index (χ2n) is 4.95. The summed E-state index contributed by atoms with van der Waals surface area (Å²) in [5.41, 5.74) is 3.09. The van der Waals surface area contributed by atoms with Gasteiger partial charge in [0.2, 0.25) is 10.0 Å². The monoisotopic (exact) mass is 300 g/mol. The Balaban J connectivity index is 1.87. The van der Waals surface area contributed by atoms with Crippen molar-refractivity contribution in [1.82, 2.24) is 9.71 Å². The summed E-state index contributed by atoms with van der Waals surface area (Å²) >= 11 is 0. The van der Waals surface area contributed by atoms with Crippen LogP contribution < -0.4 is 4.72 Å². The Morgan fingerprint density at radius 1 is 1.05 bits per heavy atom. The Morgan fingerprint density at radius 3 is 2.57 bits per heavy atom. The first-order valence-corrected chi connectivity index (χ1v) is 8.16. The number of aryl methyl sites for hydroxylation is 1. The maximum absolute atomic E-state index is 12.2. The largest absolute Gasteiger partial charge is 0.361 e. The van der Waals surface area contributed by atoms with Gasteiger partial charge in [0.05, 0.1) is 4.90 Å². The number of nitrogens with one attached hydrogen (secondary N) is 2. The molecule has 0 unspecified atom stereocenters. The summed E-state index contributed by atoms with van der Waals surface area (Å²) in [6.07, 6.45) is 1.85. The summed E-state index contributed by atoms with van der Waals surface area (Å²) < 4.78 is 27.1. The van der Waals surface area contributed by atoms with Gasteiger partial charge < -0.3 is 4.98 Å². The number of rotatable bonds is 4. The van der Waals surface area contributed by atoms with E-state index in [4.69, 9.17) is 0 Å². The van der Waals surface area contributed by atoms with Gasteiger partial charge in [-0.25, -0.2) is 13.1 Å². The topological polar surface area (TPSA) is 62.0 Å². The van der Waals surface area contributed by atoms with Gasteiger partial charge in [-0.3, -0.25) is 0 Å². The van der Waals surface area contributed by atoms with Crippen LogP contribution in [0.2, 0.25) is 0 Å². The second-order valence-corrected chi connectivity index (χ2v) is 6.72. The molecule has 0 saturated heterocycles. The van der Waals surface area contributed by atoms with Crippen LogP contribution in [0.25, 0.3) is 10.9 Å². The van der Waals surface area contributed by atoms with E-state index in [0.29, 0.717) is 0 Å². The molecule has 0 aliphatic rings. The summed E-state index contributed by atoms with van der Waals surface area (Å²) in [5.74, 6) is 0. The first-order valence-electron chi connectivity index (χ1n) is 6.68. The lowest BCUT2D eigenvalue weighted by molar-refractivity contribution is 0.581. The number of H-pyrrole nitrogens is 1. The van der Waals surface area contributed by atoms with Crippen molar-refractivity contribution in [3.05, 3.63) is 65.9 Å². The van der Waals surface area contributed by atoms with Gasteiger partial charge in [-0.1, -0.05) is 30.3 Å². The molecule has 0 atom stereocenters.